The first-order chi connectivity index (χ1) is 4.92. The van der Waals surface area contributed by atoms with Gasteiger partial charge in [-0.25, -0.2) is 4.39 Å². The van der Waals surface area contributed by atoms with Crippen LogP contribution in [0.2, 0.25) is 0 Å². The second-order valence-corrected chi connectivity index (χ2v) is 3.13. The standard InChI is InChI=1S/C8H12FN/c9-6-7-3-5-10-4-1-2-8(7)10/h6,8H,1-5H2. The predicted octanol–water partition coefficient (Wildman–Crippen LogP) is 1.71. The second-order valence-electron chi connectivity index (χ2n) is 3.13. The molecular weight excluding hydrogens is 129 g/mol. The van der Waals surface area contributed by atoms with Gasteiger partial charge in [0.15, 0.2) is 0 Å². The van der Waals surface area contributed by atoms with Gasteiger partial charge in [-0.1, -0.05) is 0 Å². The summed E-state index contributed by atoms with van der Waals surface area (Å²) < 4.78 is 12.1. The van der Waals surface area contributed by atoms with Crippen LogP contribution in [0.25, 0.3) is 0 Å². The average Bonchev–Trinajstić information content (AvgIpc) is 2.44. The summed E-state index contributed by atoms with van der Waals surface area (Å²) in [5.41, 5.74) is 1.03. The van der Waals surface area contributed by atoms with Crippen molar-refractivity contribution >= 4 is 0 Å². The molecule has 0 aliphatic carbocycles. The Bertz CT molecular complexity index is 165. The number of fused-ring (bicyclic) bond motifs is 1. The van der Waals surface area contributed by atoms with E-state index >= 15 is 0 Å². The average molecular weight is 141 g/mol. The fourth-order valence-electron chi connectivity index (χ4n) is 2.08. The summed E-state index contributed by atoms with van der Waals surface area (Å²) in [6, 6.07) is 0.477. The van der Waals surface area contributed by atoms with Crippen molar-refractivity contribution in [1.29, 1.82) is 0 Å². The SMILES string of the molecule is FC=C1CCN2CCCC12. The molecule has 0 bridgehead atoms. The van der Waals surface area contributed by atoms with Gasteiger partial charge in [-0.3, -0.25) is 4.90 Å². The van der Waals surface area contributed by atoms with Gasteiger partial charge >= 0.3 is 0 Å². The van der Waals surface area contributed by atoms with E-state index in [-0.39, 0.29) is 0 Å². The largest absolute Gasteiger partial charge is 0.296 e. The molecular formula is C8H12FN. The molecule has 0 N–H and O–H groups in total. The van der Waals surface area contributed by atoms with E-state index < -0.39 is 0 Å². The highest BCUT2D eigenvalue weighted by Gasteiger charge is 2.32. The van der Waals surface area contributed by atoms with Crippen LogP contribution in [-0.4, -0.2) is 24.0 Å². The Hall–Kier alpha value is -0.370. The fourth-order valence-corrected chi connectivity index (χ4v) is 2.08. The van der Waals surface area contributed by atoms with Gasteiger partial charge in [0.2, 0.25) is 0 Å². The van der Waals surface area contributed by atoms with Gasteiger partial charge in [-0.2, -0.15) is 0 Å². The maximum Gasteiger partial charge on any atom is 0.0875 e. The lowest BCUT2D eigenvalue weighted by molar-refractivity contribution is 0.337. The van der Waals surface area contributed by atoms with Crippen molar-refractivity contribution in [1.82, 2.24) is 4.90 Å². The molecule has 10 heavy (non-hydrogen) atoms. The van der Waals surface area contributed by atoms with E-state index in [2.05, 4.69) is 4.90 Å². The molecule has 2 rings (SSSR count). The van der Waals surface area contributed by atoms with Crippen molar-refractivity contribution in [2.24, 2.45) is 0 Å². The molecule has 0 aromatic heterocycles. The van der Waals surface area contributed by atoms with Gasteiger partial charge in [0.05, 0.1) is 6.33 Å². The summed E-state index contributed by atoms with van der Waals surface area (Å²) in [5.74, 6) is 0. The molecule has 2 aliphatic rings. The third-order valence-corrected chi connectivity index (χ3v) is 2.62. The molecule has 0 saturated carbocycles. The van der Waals surface area contributed by atoms with Gasteiger partial charge < -0.3 is 0 Å². The molecule has 0 radical (unpaired) electrons. The van der Waals surface area contributed by atoms with Crippen LogP contribution < -0.4 is 0 Å². The Morgan fingerprint density at radius 1 is 1.50 bits per heavy atom. The molecule has 2 aliphatic heterocycles. The topological polar surface area (TPSA) is 3.24 Å². The summed E-state index contributed by atoms with van der Waals surface area (Å²) in [7, 11) is 0. The second kappa shape index (κ2) is 2.35. The van der Waals surface area contributed by atoms with Crippen molar-refractivity contribution in [3.63, 3.8) is 0 Å². The Morgan fingerprint density at radius 3 is 3.20 bits per heavy atom. The molecule has 2 heteroatoms. The van der Waals surface area contributed by atoms with Crippen molar-refractivity contribution in [3.05, 3.63) is 11.9 Å². The summed E-state index contributed by atoms with van der Waals surface area (Å²) in [6.07, 6.45) is 4.20. The van der Waals surface area contributed by atoms with Crippen LogP contribution in [0.4, 0.5) is 4.39 Å². The minimum Gasteiger partial charge on any atom is -0.296 e. The highest BCUT2D eigenvalue weighted by Crippen LogP contribution is 2.31. The smallest absolute Gasteiger partial charge is 0.0875 e. The molecule has 0 aromatic carbocycles. The van der Waals surface area contributed by atoms with E-state index in [4.69, 9.17) is 0 Å². The number of nitrogens with zero attached hydrogens (tertiary/aromatic N) is 1. The van der Waals surface area contributed by atoms with E-state index in [0.717, 1.165) is 24.9 Å². The highest BCUT2D eigenvalue weighted by molar-refractivity contribution is 5.16. The monoisotopic (exact) mass is 141 g/mol. The Labute approximate surface area is 60.5 Å². The van der Waals surface area contributed by atoms with Gasteiger partial charge in [0.1, 0.15) is 0 Å². The van der Waals surface area contributed by atoms with E-state index in [9.17, 15) is 4.39 Å². The van der Waals surface area contributed by atoms with Crippen LogP contribution in [0.3, 0.4) is 0 Å². The lowest BCUT2D eigenvalue weighted by Crippen LogP contribution is -2.22. The number of halogens is 1. The van der Waals surface area contributed by atoms with Crippen molar-refractivity contribution in [3.8, 4) is 0 Å². The maximum absolute atomic E-state index is 12.1. The summed E-state index contributed by atoms with van der Waals surface area (Å²) >= 11 is 0. The molecule has 0 amide bonds. The minimum absolute atomic E-state index is 0.477. The first-order valence-electron chi connectivity index (χ1n) is 3.95. The van der Waals surface area contributed by atoms with E-state index in [1.54, 1.807) is 0 Å². The molecule has 56 valence electrons. The van der Waals surface area contributed by atoms with Gasteiger partial charge in [-0.15, -0.1) is 0 Å². The van der Waals surface area contributed by atoms with E-state index in [1.807, 2.05) is 0 Å². The van der Waals surface area contributed by atoms with E-state index in [1.165, 1.54) is 19.4 Å². The lowest BCUT2D eigenvalue weighted by Gasteiger charge is -2.12. The summed E-state index contributed by atoms with van der Waals surface area (Å²) in [4.78, 5) is 2.38. The molecule has 0 aromatic rings. The molecule has 2 heterocycles. The summed E-state index contributed by atoms with van der Waals surface area (Å²) in [5, 5.41) is 0. The first-order valence-corrected chi connectivity index (χ1v) is 3.95. The van der Waals surface area contributed by atoms with Crippen molar-refractivity contribution < 1.29 is 4.39 Å². The Morgan fingerprint density at radius 2 is 2.40 bits per heavy atom. The maximum atomic E-state index is 12.1. The molecule has 1 atom stereocenters. The van der Waals surface area contributed by atoms with Gasteiger partial charge in [0, 0.05) is 12.6 Å². The van der Waals surface area contributed by atoms with Crippen LogP contribution in [0.5, 0.6) is 0 Å². The highest BCUT2D eigenvalue weighted by atomic mass is 19.1. The lowest BCUT2D eigenvalue weighted by atomic mass is 10.1. The number of hydrogen-bond acceptors (Lipinski definition) is 1. The van der Waals surface area contributed by atoms with Crippen molar-refractivity contribution in [2.75, 3.05) is 13.1 Å². The van der Waals surface area contributed by atoms with Gasteiger partial charge in [-0.05, 0) is 31.4 Å². The zero-order chi connectivity index (χ0) is 6.97. The number of hydrogen-bond donors (Lipinski definition) is 0. The normalized spacial score (nSPS) is 37.3. The van der Waals surface area contributed by atoms with Crippen LogP contribution >= 0.6 is 0 Å². The first kappa shape index (κ1) is 6.35. The minimum atomic E-state index is 0.477. The zero-order valence-corrected chi connectivity index (χ0v) is 6.02. The zero-order valence-electron chi connectivity index (χ0n) is 6.02. The van der Waals surface area contributed by atoms with Crippen LogP contribution in [0, 0.1) is 0 Å². The van der Waals surface area contributed by atoms with Crippen LogP contribution in [-0.2, 0) is 0 Å². The predicted molar refractivity (Wildman–Crippen MR) is 38.4 cm³/mol. The quantitative estimate of drug-likeness (QED) is 0.496. The Kier molecular flexibility index (Phi) is 1.49. The molecule has 1 unspecified atom stereocenters. The van der Waals surface area contributed by atoms with Gasteiger partial charge in [0.25, 0.3) is 0 Å². The van der Waals surface area contributed by atoms with Crippen molar-refractivity contribution in [2.45, 2.75) is 25.3 Å². The fraction of sp³-hybridized carbons (Fsp3) is 0.750. The number of rotatable bonds is 0. The third-order valence-electron chi connectivity index (χ3n) is 2.62. The molecule has 1 nitrogen and oxygen atoms in total. The summed E-state index contributed by atoms with van der Waals surface area (Å²) in [6.45, 7) is 2.27. The molecule has 2 saturated heterocycles. The van der Waals surface area contributed by atoms with E-state index in [0.29, 0.717) is 6.04 Å². The van der Waals surface area contributed by atoms with Crippen LogP contribution in [0.1, 0.15) is 19.3 Å². The Balaban J connectivity index is 2.15. The molecule has 0 spiro atoms. The molecule has 2 fully saturated rings. The third kappa shape index (κ3) is 0.788. The van der Waals surface area contributed by atoms with Crippen LogP contribution in [0.15, 0.2) is 11.9 Å².